The standard InChI is InChI=1S/C27H19N5OS/c1-18-9-8-12-20(15-18)25-28-27-32(30-25)26(33)23(34-27)16-21-17-31(22-13-6-3-7-14-22)29-24(21)19-10-4-2-5-11-19/h2-17H,1H3. The van der Waals surface area contributed by atoms with E-state index in [9.17, 15) is 4.79 Å². The Morgan fingerprint density at radius 3 is 2.32 bits per heavy atom. The van der Waals surface area contributed by atoms with Crippen LogP contribution >= 0.6 is 11.3 Å². The molecule has 0 unspecified atom stereocenters. The number of aryl methyl sites for hydroxylation is 1. The van der Waals surface area contributed by atoms with Crippen molar-refractivity contribution in [2.24, 2.45) is 0 Å². The van der Waals surface area contributed by atoms with Crippen molar-refractivity contribution in [1.82, 2.24) is 24.4 Å². The predicted molar refractivity (Wildman–Crippen MR) is 135 cm³/mol. The van der Waals surface area contributed by atoms with Crippen molar-refractivity contribution in [3.8, 4) is 28.3 Å². The first-order chi connectivity index (χ1) is 16.7. The first-order valence-electron chi connectivity index (χ1n) is 10.8. The van der Waals surface area contributed by atoms with Crippen LogP contribution in [0, 0.1) is 6.92 Å². The van der Waals surface area contributed by atoms with Gasteiger partial charge in [-0.1, -0.05) is 83.6 Å². The van der Waals surface area contributed by atoms with Crippen molar-refractivity contribution in [2.45, 2.75) is 6.92 Å². The number of aromatic nitrogens is 5. The molecule has 0 saturated heterocycles. The maximum Gasteiger partial charge on any atom is 0.291 e. The molecule has 0 aliphatic carbocycles. The summed E-state index contributed by atoms with van der Waals surface area (Å²) in [7, 11) is 0. The van der Waals surface area contributed by atoms with Gasteiger partial charge in [0, 0.05) is 22.9 Å². The first-order valence-corrected chi connectivity index (χ1v) is 11.7. The lowest BCUT2D eigenvalue weighted by molar-refractivity contribution is 0.884. The summed E-state index contributed by atoms with van der Waals surface area (Å²) in [6.45, 7) is 2.02. The van der Waals surface area contributed by atoms with Gasteiger partial charge in [0.25, 0.3) is 5.56 Å². The fourth-order valence-electron chi connectivity index (χ4n) is 3.91. The third-order valence-electron chi connectivity index (χ3n) is 5.56. The molecule has 0 spiro atoms. The largest absolute Gasteiger partial charge is 0.291 e. The smallest absolute Gasteiger partial charge is 0.266 e. The first kappa shape index (κ1) is 20.3. The molecule has 7 heteroatoms. The van der Waals surface area contributed by atoms with E-state index in [1.807, 2.05) is 109 Å². The molecule has 0 aliphatic heterocycles. The Morgan fingerprint density at radius 1 is 0.853 bits per heavy atom. The van der Waals surface area contributed by atoms with Gasteiger partial charge in [-0.15, -0.1) is 5.10 Å². The van der Waals surface area contributed by atoms with E-state index in [1.165, 1.54) is 15.9 Å². The van der Waals surface area contributed by atoms with E-state index in [1.54, 1.807) is 0 Å². The zero-order valence-electron chi connectivity index (χ0n) is 18.3. The molecule has 3 aromatic heterocycles. The summed E-state index contributed by atoms with van der Waals surface area (Å²) in [5.74, 6) is 0.556. The fraction of sp³-hybridized carbons (Fsp3) is 0.0370. The van der Waals surface area contributed by atoms with Crippen LogP contribution in [0.4, 0.5) is 0 Å². The molecule has 0 atom stereocenters. The average molecular weight is 462 g/mol. The summed E-state index contributed by atoms with van der Waals surface area (Å²) >= 11 is 1.33. The van der Waals surface area contributed by atoms with Gasteiger partial charge in [0.1, 0.15) is 0 Å². The van der Waals surface area contributed by atoms with Crippen molar-refractivity contribution in [3.63, 3.8) is 0 Å². The van der Waals surface area contributed by atoms with Crippen molar-refractivity contribution in [3.05, 3.63) is 117 Å². The van der Waals surface area contributed by atoms with Gasteiger partial charge >= 0.3 is 0 Å². The van der Waals surface area contributed by atoms with Gasteiger partial charge in [-0.3, -0.25) is 4.79 Å². The number of nitrogens with zero attached hydrogens (tertiary/aromatic N) is 5. The lowest BCUT2D eigenvalue weighted by Gasteiger charge is -2.00. The van der Waals surface area contributed by atoms with Gasteiger partial charge in [0.15, 0.2) is 5.82 Å². The van der Waals surface area contributed by atoms with E-state index in [-0.39, 0.29) is 5.56 Å². The quantitative estimate of drug-likeness (QED) is 0.387. The number of hydrogen-bond acceptors (Lipinski definition) is 5. The summed E-state index contributed by atoms with van der Waals surface area (Å²) in [6, 6.07) is 27.9. The summed E-state index contributed by atoms with van der Waals surface area (Å²) in [4.78, 5) is 18.4. The Kier molecular flexibility index (Phi) is 4.89. The number of para-hydroxylation sites is 1. The van der Waals surface area contributed by atoms with Gasteiger partial charge in [0.2, 0.25) is 4.96 Å². The van der Waals surface area contributed by atoms with Crippen LogP contribution in [0.3, 0.4) is 0 Å². The second-order valence-corrected chi connectivity index (χ2v) is 9.00. The van der Waals surface area contributed by atoms with E-state index in [0.717, 1.165) is 33.6 Å². The summed E-state index contributed by atoms with van der Waals surface area (Å²) in [5.41, 5.74) is 5.44. The van der Waals surface area contributed by atoms with Crippen LogP contribution in [0.25, 0.3) is 39.4 Å². The Balaban J connectivity index is 1.49. The molecular formula is C27H19N5OS. The summed E-state index contributed by atoms with van der Waals surface area (Å²) in [5, 5.41) is 9.31. The molecule has 6 rings (SSSR count). The molecule has 6 nitrogen and oxygen atoms in total. The summed E-state index contributed by atoms with van der Waals surface area (Å²) < 4.78 is 3.79. The summed E-state index contributed by atoms with van der Waals surface area (Å²) in [6.07, 6.45) is 3.83. The Bertz CT molecular complexity index is 1730. The van der Waals surface area contributed by atoms with E-state index < -0.39 is 0 Å². The maximum absolute atomic E-state index is 13.2. The lowest BCUT2D eigenvalue weighted by atomic mass is 10.1. The molecule has 0 bridgehead atoms. The highest BCUT2D eigenvalue weighted by Gasteiger charge is 2.15. The lowest BCUT2D eigenvalue weighted by Crippen LogP contribution is -2.23. The molecule has 0 aliphatic rings. The molecule has 0 amide bonds. The van der Waals surface area contributed by atoms with Gasteiger partial charge in [-0.25, -0.2) is 4.68 Å². The number of hydrogen-bond donors (Lipinski definition) is 0. The van der Waals surface area contributed by atoms with Crippen LogP contribution in [-0.2, 0) is 0 Å². The molecule has 6 aromatic rings. The predicted octanol–water partition coefficient (Wildman–Crippen LogP) is 4.53. The van der Waals surface area contributed by atoms with Crippen LogP contribution < -0.4 is 10.1 Å². The molecule has 0 N–H and O–H groups in total. The fourth-order valence-corrected chi connectivity index (χ4v) is 4.81. The van der Waals surface area contributed by atoms with Crippen molar-refractivity contribution in [1.29, 1.82) is 0 Å². The normalized spacial score (nSPS) is 12.0. The minimum atomic E-state index is -0.183. The minimum Gasteiger partial charge on any atom is -0.266 e. The number of thiazole rings is 1. The van der Waals surface area contributed by atoms with Gasteiger partial charge < -0.3 is 0 Å². The molecule has 0 fully saturated rings. The highest BCUT2D eigenvalue weighted by atomic mass is 32.1. The SMILES string of the molecule is Cc1cccc(-c2nc3sc(=Cc4cn(-c5ccccc5)nc4-c4ccccc4)c(=O)n3n2)c1. The van der Waals surface area contributed by atoms with Crippen LogP contribution in [0.1, 0.15) is 11.1 Å². The van der Waals surface area contributed by atoms with Crippen molar-refractivity contribution >= 4 is 22.4 Å². The Labute approximate surface area is 199 Å². The van der Waals surface area contributed by atoms with Gasteiger partial charge in [0.05, 0.1) is 15.9 Å². The molecule has 0 saturated carbocycles. The van der Waals surface area contributed by atoms with Crippen molar-refractivity contribution < 1.29 is 0 Å². The van der Waals surface area contributed by atoms with Crippen LogP contribution in [0.2, 0.25) is 0 Å². The number of rotatable bonds is 4. The van der Waals surface area contributed by atoms with Crippen LogP contribution in [0.15, 0.2) is 95.9 Å². The third-order valence-corrected chi connectivity index (χ3v) is 6.51. The zero-order valence-corrected chi connectivity index (χ0v) is 19.1. The molecular weight excluding hydrogens is 442 g/mol. The highest BCUT2D eigenvalue weighted by molar-refractivity contribution is 7.15. The molecule has 3 aromatic carbocycles. The number of fused-ring (bicyclic) bond motifs is 1. The second-order valence-electron chi connectivity index (χ2n) is 7.99. The number of benzene rings is 3. The molecule has 3 heterocycles. The third kappa shape index (κ3) is 3.62. The topological polar surface area (TPSA) is 65.1 Å². The molecule has 0 radical (unpaired) electrons. The van der Waals surface area contributed by atoms with Crippen molar-refractivity contribution in [2.75, 3.05) is 0 Å². The van der Waals surface area contributed by atoms with E-state index in [2.05, 4.69) is 10.1 Å². The van der Waals surface area contributed by atoms with E-state index in [4.69, 9.17) is 5.10 Å². The second kappa shape index (κ2) is 8.20. The monoisotopic (exact) mass is 461 g/mol. The van der Waals surface area contributed by atoms with E-state index >= 15 is 0 Å². The van der Waals surface area contributed by atoms with Gasteiger partial charge in [-0.2, -0.15) is 14.6 Å². The Hall–Kier alpha value is -4.36. The highest BCUT2D eigenvalue weighted by Crippen LogP contribution is 2.24. The minimum absolute atomic E-state index is 0.183. The van der Waals surface area contributed by atoms with Crippen LogP contribution in [0.5, 0.6) is 0 Å². The Morgan fingerprint density at radius 2 is 1.59 bits per heavy atom. The van der Waals surface area contributed by atoms with Gasteiger partial charge in [-0.05, 0) is 31.2 Å². The zero-order chi connectivity index (χ0) is 23.1. The van der Waals surface area contributed by atoms with Crippen LogP contribution in [-0.4, -0.2) is 24.4 Å². The van der Waals surface area contributed by atoms with E-state index in [0.29, 0.717) is 15.3 Å². The molecule has 34 heavy (non-hydrogen) atoms. The average Bonchev–Trinajstić information content (AvgIpc) is 3.56. The molecule has 164 valence electrons. The maximum atomic E-state index is 13.2.